The number of urea groups is 1. The topological polar surface area (TPSA) is 44.4 Å². The third-order valence-electron chi connectivity index (χ3n) is 4.86. The third kappa shape index (κ3) is 4.78. The Kier molecular flexibility index (Phi) is 6.16. The second-order valence-corrected chi connectivity index (χ2v) is 7.05. The van der Waals surface area contributed by atoms with Crippen LogP contribution < -0.4 is 15.5 Å². The maximum atomic E-state index is 12.0. The molecule has 1 aliphatic heterocycles. The first-order valence-electron chi connectivity index (χ1n) is 9.64. The molecule has 0 saturated heterocycles. The highest BCUT2D eigenvalue weighted by molar-refractivity contribution is 5.89. The number of anilines is 2. The lowest BCUT2D eigenvalue weighted by atomic mass is 9.98. The minimum Gasteiger partial charge on any atom is -0.371 e. The molecule has 2 aromatic rings. The van der Waals surface area contributed by atoms with E-state index in [1.165, 1.54) is 41.8 Å². The zero-order chi connectivity index (χ0) is 18.4. The number of rotatable bonds is 6. The molecule has 2 aromatic carbocycles. The molecular weight excluding hydrogens is 322 g/mol. The lowest BCUT2D eigenvalue weighted by molar-refractivity contribution is 0.252. The van der Waals surface area contributed by atoms with Crippen LogP contribution in [-0.4, -0.2) is 25.7 Å². The second-order valence-electron chi connectivity index (χ2n) is 7.05. The highest BCUT2D eigenvalue weighted by Gasteiger charge is 2.16. The Balaban J connectivity index is 1.50. The fourth-order valence-electron chi connectivity index (χ4n) is 3.52. The maximum absolute atomic E-state index is 12.0. The van der Waals surface area contributed by atoms with E-state index in [1.54, 1.807) is 0 Å². The van der Waals surface area contributed by atoms with Gasteiger partial charge >= 0.3 is 6.03 Å². The van der Waals surface area contributed by atoms with Crippen molar-refractivity contribution in [2.75, 3.05) is 29.9 Å². The van der Waals surface area contributed by atoms with Crippen LogP contribution in [0.1, 0.15) is 36.5 Å². The summed E-state index contributed by atoms with van der Waals surface area (Å²) in [6.45, 7) is 7.20. The van der Waals surface area contributed by atoms with E-state index in [-0.39, 0.29) is 6.03 Å². The van der Waals surface area contributed by atoms with E-state index >= 15 is 0 Å². The molecule has 0 bridgehead atoms. The molecule has 0 spiro atoms. The molecule has 0 radical (unpaired) electrons. The Morgan fingerprint density at radius 1 is 1.15 bits per heavy atom. The van der Waals surface area contributed by atoms with E-state index in [0.29, 0.717) is 6.54 Å². The van der Waals surface area contributed by atoms with Crippen LogP contribution in [0.3, 0.4) is 0 Å². The van der Waals surface area contributed by atoms with Crippen LogP contribution in [0.5, 0.6) is 0 Å². The van der Waals surface area contributed by atoms with Crippen molar-refractivity contribution in [1.82, 2.24) is 5.32 Å². The summed E-state index contributed by atoms with van der Waals surface area (Å²) in [7, 11) is 0. The zero-order valence-electron chi connectivity index (χ0n) is 15.8. The SMILES string of the molecule is CCCN1CCCc2cc(CCNC(=O)Nc3ccc(C)cc3)ccc21. The van der Waals surface area contributed by atoms with Crippen molar-refractivity contribution in [2.45, 2.75) is 39.5 Å². The largest absolute Gasteiger partial charge is 0.371 e. The van der Waals surface area contributed by atoms with Gasteiger partial charge in [-0.1, -0.05) is 36.8 Å². The van der Waals surface area contributed by atoms with Gasteiger partial charge in [0.15, 0.2) is 0 Å². The molecule has 0 fully saturated rings. The van der Waals surface area contributed by atoms with Crippen LogP contribution >= 0.6 is 0 Å². The molecular formula is C22H29N3O. The van der Waals surface area contributed by atoms with E-state index < -0.39 is 0 Å². The molecule has 1 aliphatic rings. The zero-order valence-corrected chi connectivity index (χ0v) is 15.8. The van der Waals surface area contributed by atoms with Gasteiger partial charge in [0, 0.05) is 31.0 Å². The summed E-state index contributed by atoms with van der Waals surface area (Å²) in [4.78, 5) is 14.5. The highest BCUT2D eigenvalue weighted by atomic mass is 16.2. The molecule has 0 aromatic heterocycles. The Labute approximate surface area is 156 Å². The normalized spacial score (nSPS) is 13.2. The van der Waals surface area contributed by atoms with Gasteiger partial charge in [0.1, 0.15) is 0 Å². The number of nitrogens with one attached hydrogen (secondary N) is 2. The van der Waals surface area contributed by atoms with E-state index in [2.05, 4.69) is 40.7 Å². The van der Waals surface area contributed by atoms with Gasteiger partial charge in [0.2, 0.25) is 0 Å². The van der Waals surface area contributed by atoms with Crippen molar-refractivity contribution in [3.05, 3.63) is 59.2 Å². The van der Waals surface area contributed by atoms with Crippen molar-refractivity contribution < 1.29 is 4.79 Å². The van der Waals surface area contributed by atoms with Gasteiger partial charge in [-0.3, -0.25) is 0 Å². The summed E-state index contributed by atoms with van der Waals surface area (Å²) in [5, 5.41) is 5.81. The quantitative estimate of drug-likeness (QED) is 0.803. The number of carbonyl (C=O) groups is 1. The maximum Gasteiger partial charge on any atom is 0.319 e. The summed E-state index contributed by atoms with van der Waals surface area (Å²) in [6.07, 6.45) is 4.42. The van der Waals surface area contributed by atoms with Gasteiger partial charge in [0.25, 0.3) is 0 Å². The average Bonchev–Trinajstić information content (AvgIpc) is 2.64. The Morgan fingerprint density at radius 2 is 1.96 bits per heavy atom. The van der Waals surface area contributed by atoms with Crippen LogP contribution in [0.15, 0.2) is 42.5 Å². The van der Waals surface area contributed by atoms with Crippen molar-refractivity contribution in [1.29, 1.82) is 0 Å². The minimum atomic E-state index is -0.152. The van der Waals surface area contributed by atoms with E-state index in [0.717, 1.165) is 25.1 Å². The third-order valence-corrected chi connectivity index (χ3v) is 4.86. The van der Waals surface area contributed by atoms with Crippen LogP contribution in [0, 0.1) is 6.92 Å². The molecule has 4 heteroatoms. The van der Waals surface area contributed by atoms with Gasteiger partial charge in [0.05, 0.1) is 0 Å². The minimum absolute atomic E-state index is 0.152. The molecule has 1 heterocycles. The summed E-state index contributed by atoms with van der Waals surface area (Å²) in [5.74, 6) is 0. The fraction of sp³-hybridized carbons (Fsp3) is 0.409. The molecule has 0 aliphatic carbocycles. The molecule has 0 atom stereocenters. The van der Waals surface area contributed by atoms with E-state index in [9.17, 15) is 4.79 Å². The Hall–Kier alpha value is -2.49. The summed E-state index contributed by atoms with van der Waals surface area (Å²) < 4.78 is 0. The van der Waals surface area contributed by atoms with Gasteiger partial charge in [-0.2, -0.15) is 0 Å². The Morgan fingerprint density at radius 3 is 2.73 bits per heavy atom. The smallest absolute Gasteiger partial charge is 0.319 e. The second kappa shape index (κ2) is 8.75. The van der Waals surface area contributed by atoms with Crippen molar-refractivity contribution in [2.24, 2.45) is 0 Å². The van der Waals surface area contributed by atoms with Crippen LogP contribution in [-0.2, 0) is 12.8 Å². The summed E-state index contributed by atoms with van der Waals surface area (Å²) in [6, 6.07) is 14.4. The molecule has 0 saturated carbocycles. The van der Waals surface area contributed by atoms with Crippen LogP contribution in [0.4, 0.5) is 16.2 Å². The first-order chi connectivity index (χ1) is 12.7. The first kappa shape index (κ1) is 18.3. The predicted molar refractivity (Wildman–Crippen MR) is 109 cm³/mol. The molecule has 138 valence electrons. The standard InChI is InChI=1S/C22H29N3O/c1-3-14-25-15-4-5-19-16-18(8-11-21(19)25)12-13-23-22(26)24-20-9-6-17(2)7-10-20/h6-11,16H,3-5,12-15H2,1-2H3,(H2,23,24,26). The van der Waals surface area contributed by atoms with Crippen molar-refractivity contribution >= 4 is 17.4 Å². The molecule has 0 unspecified atom stereocenters. The van der Waals surface area contributed by atoms with Gasteiger partial charge in [-0.25, -0.2) is 4.79 Å². The van der Waals surface area contributed by atoms with Gasteiger partial charge in [-0.15, -0.1) is 0 Å². The molecule has 3 rings (SSSR count). The lowest BCUT2D eigenvalue weighted by Crippen LogP contribution is -2.31. The lowest BCUT2D eigenvalue weighted by Gasteiger charge is -2.31. The average molecular weight is 351 g/mol. The number of hydrogen-bond acceptors (Lipinski definition) is 2. The number of benzene rings is 2. The predicted octanol–water partition coefficient (Wildman–Crippen LogP) is 4.52. The van der Waals surface area contributed by atoms with Crippen LogP contribution in [0.25, 0.3) is 0 Å². The molecule has 4 nitrogen and oxygen atoms in total. The number of hydrogen-bond donors (Lipinski definition) is 2. The molecule has 26 heavy (non-hydrogen) atoms. The van der Waals surface area contributed by atoms with Crippen molar-refractivity contribution in [3.63, 3.8) is 0 Å². The first-order valence-corrected chi connectivity index (χ1v) is 9.64. The van der Waals surface area contributed by atoms with Gasteiger partial charge in [-0.05, 0) is 61.9 Å². The number of carbonyl (C=O) groups excluding carboxylic acids is 1. The highest BCUT2D eigenvalue weighted by Crippen LogP contribution is 2.28. The van der Waals surface area contributed by atoms with Crippen LogP contribution in [0.2, 0.25) is 0 Å². The van der Waals surface area contributed by atoms with Crippen molar-refractivity contribution in [3.8, 4) is 0 Å². The summed E-state index contributed by atoms with van der Waals surface area (Å²) >= 11 is 0. The number of nitrogens with zero attached hydrogens (tertiary/aromatic N) is 1. The fourth-order valence-corrected chi connectivity index (χ4v) is 3.52. The number of aryl methyl sites for hydroxylation is 2. The number of amides is 2. The Bertz CT molecular complexity index is 740. The van der Waals surface area contributed by atoms with E-state index in [4.69, 9.17) is 0 Å². The molecule has 2 N–H and O–H groups in total. The monoisotopic (exact) mass is 351 g/mol. The van der Waals surface area contributed by atoms with E-state index in [1.807, 2.05) is 31.2 Å². The summed E-state index contributed by atoms with van der Waals surface area (Å²) in [5.41, 5.74) is 6.13. The molecule has 2 amide bonds. The van der Waals surface area contributed by atoms with Gasteiger partial charge < -0.3 is 15.5 Å². The number of fused-ring (bicyclic) bond motifs is 1.